The molecule has 0 bridgehead atoms. The summed E-state index contributed by atoms with van der Waals surface area (Å²) in [4.78, 5) is 51.2. The van der Waals surface area contributed by atoms with Crippen LogP contribution in [0, 0.1) is 17.5 Å². The second-order valence-corrected chi connectivity index (χ2v) is 12.5. The molecule has 54 heavy (non-hydrogen) atoms. The Morgan fingerprint density at radius 2 is 1.59 bits per heavy atom. The fourth-order valence-electron chi connectivity index (χ4n) is 5.24. The topological polar surface area (TPSA) is 138 Å². The highest BCUT2D eigenvalue weighted by molar-refractivity contribution is 6.06. The van der Waals surface area contributed by atoms with Gasteiger partial charge in [-0.2, -0.15) is 4.98 Å². The van der Waals surface area contributed by atoms with E-state index in [1.165, 1.54) is 7.11 Å². The summed E-state index contributed by atoms with van der Waals surface area (Å²) in [6.45, 7) is 11.2. The van der Waals surface area contributed by atoms with E-state index < -0.39 is 29.0 Å². The number of aryl methyl sites for hydroxylation is 1. The number of halogens is 3. The molecule has 4 aromatic rings. The molecule has 12 nitrogen and oxygen atoms in total. The lowest BCUT2D eigenvalue weighted by atomic mass is 10.1. The Hall–Kier alpha value is -5.70. The third kappa shape index (κ3) is 11.2. The standard InChI is InChI=1S/C39H46F3N7O5/c1-7-24(4)44-34(50)17-11-25-10-16-32(33(20-25)53-6)54-37-29(36(51)46-35-30(41)21-27(40)22-31(35)42)23-43-39(47-37)45-28-14-12-26(13-15-28)38(52)48(5)18-19-49(8-2)9-3/h10,12-16,20-24H,7-9,11,17-19H2,1-6H3,(H,44,50)(H,46,51)(H,43,45,47)/t24-/m1/s1. The number of anilines is 3. The highest BCUT2D eigenvalue weighted by Gasteiger charge is 2.23. The van der Waals surface area contributed by atoms with Crippen molar-refractivity contribution in [2.24, 2.45) is 0 Å². The Labute approximate surface area is 313 Å². The monoisotopic (exact) mass is 749 g/mol. The number of ether oxygens (including phenoxy) is 2. The third-order valence-electron chi connectivity index (χ3n) is 8.72. The Morgan fingerprint density at radius 1 is 0.907 bits per heavy atom. The molecule has 3 N–H and O–H groups in total. The number of likely N-dealkylation sites (N-methyl/N-ethyl adjacent to an activating group) is 2. The molecule has 288 valence electrons. The molecule has 0 saturated carbocycles. The van der Waals surface area contributed by atoms with E-state index in [1.807, 2.05) is 13.8 Å². The van der Waals surface area contributed by atoms with Gasteiger partial charge < -0.3 is 35.2 Å². The van der Waals surface area contributed by atoms with Gasteiger partial charge in [-0.05, 0) is 74.8 Å². The highest BCUT2D eigenvalue weighted by Crippen LogP contribution is 2.34. The van der Waals surface area contributed by atoms with E-state index in [-0.39, 0.29) is 53.2 Å². The van der Waals surface area contributed by atoms with Crippen LogP contribution >= 0.6 is 0 Å². The number of hydrogen-bond donors (Lipinski definition) is 3. The minimum Gasteiger partial charge on any atom is -0.493 e. The number of hydrogen-bond acceptors (Lipinski definition) is 9. The summed E-state index contributed by atoms with van der Waals surface area (Å²) in [5, 5.41) is 8.04. The lowest BCUT2D eigenvalue weighted by Gasteiger charge is -2.23. The molecule has 0 unspecified atom stereocenters. The molecule has 1 aromatic heterocycles. The van der Waals surface area contributed by atoms with E-state index in [4.69, 9.17) is 9.47 Å². The maximum absolute atomic E-state index is 14.5. The summed E-state index contributed by atoms with van der Waals surface area (Å²) >= 11 is 0. The summed E-state index contributed by atoms with van der Waals surface area (Å²) in [5.41, 5.74) is 0.579. The first-order valence-corrected chi connectivity index (χ1v) is 17.7. The first-order chi connectivity index (χ1) is 25.8. The molecule has 3 amide bonds. The largest absolute Gasteiger partial charge is 0.493 e. The van der Waals surface area contributed by atoms with Gasteiger partial charge in [0.1, 0.15) is 17.1 Å². The Morgan fingerprint density at radius 3 is 2.22 bits per heavy atom. The number of methoxy groups -OCH3 is 1. The van der Waals surface area contributed by atoms with Gasteiger partial charge in [-0.3, -0.25) is 14.4 Å². The average Bonchev–Trinajstić information content (AvgIpc) is 3.16. The molecule has 0 saturated heterocycles. The number of benzene rings is 3. The smallest absolute Gasteiger partial charge is 0.262 e. The number of rotatable bonds is 18. The van der Waals surface area contributed by atoms with Gasteiger partial charge in [-0.15, -0.1) is 0 Å². The molecular weight excluding hydrogens is 703 g/mol. The van der Waals surface area contributed by atoms with Crippen molar-refractivity contribution in [2.45, 2.75) is 53.0 Å². The fourth-order valence-corrected chi connectivity index (χ4v) is 5.24. The van der Waals surface area contributed by atoms with Crippen molar-refractivity contribution in [1.82, 2.24) is 25.1 Å². The lowest BCUT2D eigenvalue weighted by Crippen LogP contribution is -2.36. The van der Waals surface area contributed by atoms with Crippen molar-refractivity contribution in [3.63, 3.8) is 0 Å². The van der Waals surface area contributed by atoms with Crippen LogP contribution < -0.4 is 25.4 Å². The summed E-state index contributed by atoms with van der Waals surface area (Å²) in [7, 11) is 3.17. The van der Waals surface area contributed by atoms with Crippen LogP contribution in [0.1, 0.15) is 66.8 Å². The van der Waals surface area contributed by atoms with Crippen LogP contribution in [0.5, 0.6) is 17.4 Å². The SMILES string of the molecule is CC[C@@H](C)NC(=O)CCc1ccc(Oc2nc(Nc3ccc(C(=O)N(C)CCN(CC)CC)cc3)ncc2C(=O)Nc2c(F)cc(F)cc2F)c(OC)c1. The molecule has 1 heterocycles. The maximum Gasteiger partial charge on any atom is 0.262 e. The molecular formula is C39H46F3N7O5. The number of nitrogens with one attached hydrogen (secondary N) is 3. The molecule has 0 radical (unpaired) electrons. The van der Waals surface area contributed by atoms with Gasteiger partial charge in [0.05, 0.1) is 7.11 Å². The van der Waals surface area contributed by atoms with Crippen LogP contribution in [0.4, 0.5) is 30.5 Å². The fraction of sp³-hybridized carbons (Fsp3) is 0.359. The van der Waals surface area contributed by atoms with Gasteiger partial charge in [0, 0.05) is 62.2 Å². The van der Waals surface area contributed by atoms with Gasteiger partial charge >= 0.3 is 0 Å². The van der Waals surface area contributed by atoms with Crippen LogP contribution in [0.2, 0.25) is 0 Å². The van der Waals surface area contributed by atoms with Gasteiger partial charge in [-0.1, -0.05) is 26.8 Å². The van der Waals surface area contributed by atoms with Gasteiger partial charge in [0.15, 0.2) is 23.1 Å². The van der Waals surface area contributed by atoms with Crippen LogP contribution in [0.3, 0.4) is 0 Å². The third-order valence-corrected chi connectivity index (χ3v) is 8.72. The van der Waals surface area contributed by atoms with Crippen molar-refractivity contribution >= 4 is 35.0 Å². The summed E-state index contributed by atoms with van der Waals surface area (Å²) < 4.78 is 54.1. The Balaban J connectivity index is 1.59. The van der Waals surface area contributed by atoms with Gasteiger partial charge in [0.25, 0.3) is 11.8 Å². The van der Waals surface area contributed by atoms with Gasteiger partial charge in [0.2, 0.25) is 17.7 Å². The Kier molecular flexibility index (Phi) is 14.7. The number of nitrogens with zero attached hydrogens (tertiary/aromatic N) is 4. The van der Waals surface area contributed by atoms with E-state index in [0.717, 1.165) is 37.8 Å². The lowest BCUT2D eigenvalue weighted by molar-refractivity contribution is -0.121. The average molecular weight is 750 g/mol. The van der Waals surface area contributed by atoms with Crippen LogP contribution in [-0.2, 0) is 11.2 Å². The van der Waals surface area contributed by atoms with Crippen LogP contribution in [0.15, 0.2) is 60.8 Å². The van der Waals surface area contributed by atoms with Crippen molar-refractivity contribution in [1.29, 1.82) is 0 Å². The molecule has 0 aliphatic heterocycles. The second kappa shape index (κ2) is 19.4. The van der Waals surface area contributed by atoms with Crippen molar-refractivity contribution in [3.8, 4) is 17.4 Å². The van der Waals surface area contributed by atoms with E-state index in [2.05, 4.69) is 44.7 Å². The predicted molar refractivity (Wildman–Crippen MR) is 200 cm³/mol. The molecule has 0 aliphatic rings. The zero-order valence-corrected chi connectivity index (χ0v) is 31.3. The molecule has 1 atom stereocenters. The van der Waals surface area contributed by atoms with E-state index >= 15 is 0 Å². The number of amides is 3. The molecule has 3 aromatic carbocycles. The minimum absolute atomic E-state index is 0.0148. The summed E-state index contributed by atoms with van der Waals surface area (Å²) in [6.07, 6.45) is 2.57. The summed E-state index contributed by atoms with van der Waals surface area (Å²) in [5.74, 6) is -5.01. The van der Waals surface area contributed by atoms with Crippen molar-refractivity contribution < 1.29 is 37.0 Å². The Bertz CT molecular complexity index is 1900. The van der Waals surface area contributed by atoms with E-state index in [1.54, 1.807) is 54.4 Å². The van der Waals surface area contributed by atoms with E-state index in [9.17, 15) is 27.6 Å². The number of carbonyl (C=O) groups excluding carboxylic acids is 3. The quantitative estimate of drug-likeness (QED) is 0.0987. The van der Waals surface area contributed by atoms with E-state index in [0.29, 0.717) is 36.3 Å². The maximum atomic E-state index is 14.5. The molecule has 15 heteroatoms. The molecule has 0 spiro atoms. The first-order valence-electron chi connectivity index (χ1n) is 17.7. The zero-order valence-electron chi connectivity index (χ0n) is 31.3. The highest BCUT2D eigenvalue weighted by atomic mass is 19.1. The number of carbonyl (C=O) groups is 3. The minimum atomic E-state index is -1.32. The van der Waals surface area contributed by atoms with Crippen molar-refractivity contribution in [3.05, 3.63) is 94.9 Å². The predicted octanol–water partition coefficient (Wildman–Crippen LogP) is 6.95. The molecule has 0 aliphatic carbocycles. The van der Waals surface area contributed by atoms with Crippen LogP contribution in [-0.4, -0.2) is 83.9 Å². The molecule has 4 rings (SSSR count). The molecule has 0 fully saturated rings. The number of aromatic nitrogens is 2. The van der Waals surface area contributed by atoms with Crippen molar-refractivity contribution in [2.75, 3.05) is 51.0 Å². The second-order valence-electron chi connectivity index (χ2n) is 12.5. The first kappa shape index (κ1) is 41.1. The van der Waals surface area contributed by atoms with Crippen LogP contribution in [0.25, 0.3) is 0 Å². The zero-order chi connectivity index (χ0) is 39.4. The normalized spacial score (nSPS) is 11.5. The summed E-state index contributed by atoms with van der Waals surface area (Å²) in [6, 6.07) is 12.6. The van der Waals surface area contributed by atoms with Gasteiger partial charge in [-0.25, -0.2) is 18.2 Å².